The van der Waals surface area contributed by atoms with E-state index >= 15 is 0 Å². The number of aromatic nitrogens is 4. The van der Waals surface area contributed by atoms with E-state index in [0.29, 0.717) is 37.3 Å². The maximum Gasteiger partial charge on any atom is 0.256 e. The first-order chi connectivity index (χ1) is 14.3. The summed E-state index contributed by atoms with van der Waals surface area (Å²) in [6.07, 6.45) is 3.40. The summed E-state index contributed by atoms with van der Waals surface area (Å²) >= 11 is 0. The first-order valence-corrected chi connectivity index (χ1v) is 11.4. The zero-order chi connectivity index (χ0) is 21.5. The van der Waals surface area contributed by atoms with Gasteiger partial charge in [0.1, 0.15) is 5.75 Å². The fraction of sp³-hybridized carbons (Fsp3) is 0.350. The van der Waals surface area contributed by atoms with Crippen molar-refractivity contribution in [1.29, 1.82) is 0 Å². The largest absolute Gasteiger partial charge is 0.497 e. The summed E-state index contributed by atoms with van der Waals surface area (Å²) in [6.45, 7) is 3.74. The Kier molecular flexibility index (Phi) is 5.20. The van der Waals surface area contributed by atoms with Gasteiger partial charge in [0, 0.05) is 43.6 Å². The van der Waals surface area contributed by atoms with Crippen molar-refractivity contribution in [1.82, 2.24) is 24.6 Å². The molecule has 4 rings (SSSR count). The topological polar surface area (TPSA) is 110 Å². The van der Waals surface area contributed by atoms with Crippen LogP contribution in [0.15, 0.2) is 40.4 Å². The molecule has 9 nitrogen and oxygen atoms in total. The lowest BCUT2D eigenvalue weighted by Crippen LogP contribution is -2.36. The number of fused-ring (bicyclic) bond motifs is 1. The van der Waals surface area contributed by atoms with Crippen molar-refractivity contribution in [2.24, 2.45) is 0 Å². The third-order valence-electron chi connectivity index (χ3n) is 5.30. The van der Waals surface area contributed by atoms with E-state index < -0.39 is 15.4 Å². The van der Waals surface area contributed by atoms with Crippen molar-refractivity contribution >= 4 is 9.84 Å². The minimum Gasteiger partial charge on any atom is -0.497 e. The molecule has 1 aliphatic rings. The summed E-state index contributed by atoms with van der Waals surface area (Å²) in [5.74, 6) is 0.786. The second kappa shape index (κ2) is 7.69. The highest BCUT2D eigenvalue weighted by Gasteiger charge is 2.24. The van der Waals surface area contributed by atoms with Crippen LogP contribution in [0.3, 0.4) is 0 Å². The second-order valence-corrected chi connectivity index (χ2v) is 9.33. The Morgan fingerprint density at radius 3 is 2.63 bits per heavy atom. The predicted molar refractivity (Wildman–Crippen MR) is 111 cm³/mol. The van der Waals surface area contributed by atoms with Crippen LogP contribution >= 0.6 is 0 Å². The van der Waals surface area contributed by atoms with Crippen LogP contribution in [0.1, 0.15) is 22.5 Å². The van der Waals surface area contributed by atoms with Crippen LogP contribution in [0.4, 0.5) is 0 Å². The van der Waals surface area contributed by atoms with Gasteiger partial charge < -0.3 is 4.74 Å². The molecule has 0 unspecified atom stereocenters. The highest BCUT2D eigenvalue weighted by atomic mass is 32.2. The van der Waals surface area contributed by atoms with Gasteiger partial charge in [-0.25, -0.2) is 18.1 Å². The summed E-state index contributed by atoms with van der Waals surface area (Å²) < 4.78 is 30.5. The summed E-state index contributed by atoms with van der Waals surface area (Å²) in [5, 5.41) is 4.24. The Hall–Kier alpha value is -2.98. The van der Waals surface area contributed by atoms with Crippen LogP contribution < -0.4 is 10.3 Å². The first kappa shape index (κ1) is 20.3. The van der Waals surface area contributed by atoms with E-state index in [1.807, 2.05) is 42.1 Å². The van der Waals surface area contributed by atoms with Crippen LogP contribution in [-0.2, 0) is 29.3 Å². The van der Waals surface area contributed by atoms with E-state index in [4.69, 9.17) is 4.74 Å². The van der Waals surface area contributed by atoms with Crippen LogP contribution in [0.5, 0.6) is 5.75 Å². The molecule has 1 aromatic carbocycles. The molecule has 0 radical (unpaired) electrons. The molecule has 0 atom stereocenters. The molecular formula is C20H23N5O4S. The molecule has 10 heteroatoms. The number of aromatic amines is 1. The molecule has 3 heterocycles. The SMILES string of the molecule is COc1ccc(-n2ncc(CN3CCc4nc(S(C)(=O)=O)[nH]c(=O)c4C3)c2C)cc1. The molecule has 0 spiro atoms. The summed E-state index contributed by atoms with van der Waals surface area (Å²) in [4.78, 5) is 21.1. The zero-order valence-corrected chi connectivity index (χ0v) is 17.9. The molecule has 158 valence electrons. The average molecular weight is 430 g/mol. The Morgan fingerprint density at radius 2 is 1.97 bits per heavy atom. The Balaban J connectivity index is 1.54. The van der Waals surface area contributed by atoms with Gasteiger partial charge in [-0.05, 0) is 31.2 Å². The molecule has 3 aromatic rings. The molecule has 0 saturated carbocycles. The molecule has 0 aliphatic carbocycles. The number of methoxy groups -OCH3 is 1. The fourth-order valence-electron chi connectivity index (χ4n) is 3.59. The minimum absolute atomic E-state index is 0.267. The van der Waals surface area contributed by atoms with Crippen molar-refractivity contribution in [3.8, 4) is 11.4 Å². The van der Waals surface area contributed by atoms with Gasteiger partial charge in [-0.1, -0.05) is 0 Å². The number of hydrogen-bond acceptors (Lipinski definition) is 7. The van der Waals surface area contributed by atoms with Gasteiger partial charge >= 0.3 is 0 Å². The van der Waals surface area contributed by atoms with Gasteiger partial charge in [0.2, 0.25) is 15.0 Å². The Labute approximate surface area is 174 Å². The van der Waals surface area contributed by atoms with E-state index in [0.717, 1.165) is 29.0 Å². The lowest BCUT2D eigenvalue weighted by atomic mass is 10.1. The molecule has 1 N–H and O–H groups in total. The van der Waals surface area contributed by atoms with Crippen molar-refractivity contribution in [2.75, 3.05) is 19.9 Å². The van der Waals surface area contributed by atoms with E-state index in [-0.39, 0.29) is 5.16 Å². The number of rotatable bonds is 5. The van der Waals surface area contributed by atoms with Gasteiger partial charge in [0.05, 0.1) is 30.3 Å². The number of nitrogens with one attached hydrogen (secondary N) is 1. The monoisotopic (exact) mass is 429 g/mol. The van der Waals surface area contributed by atoms with Gasteiger partial charge in [0.15, 0.2) is 0 Å². The third-order valence-corrected chi connectivity index (χ3v) is 6.20. The molecule has 0 fully saturated rings. The average Bonchev–Trinajstić information content (AvgIpc) is 3.08. The normalized spacial score (nSPS) is 14.5. The number of nitrogens with zero attached hydrogens (tertiary/aromatic N) is 4. The van der Waals surface area contributed by atoms with Gasteiger partial charge in [-0.15, -0.1) is 0 Å². The first-order valence-electron chi connectivity index (χ1n) is 9.48. The molecule has 2 aromatic heterocycles. The zero-order valence-electron chi connectivity index (χ0n) is 17.0. The quantitative estimate of drug-likeness (QED) is 0.608. The van der Waals surface area contributed by atoms with Gasteiger partial charge in [0.25, 0.3) is 5.56 Å². The van der Waals surface area contributed by atoms with Crippen LogP contribution in [0, 0.1) is 6.92 Å². The van der Waals surface area contributed by atoms with E-state index in [1.54, 1.807) is 7.11 Å². The Bertz CT molecular complexity index is 1250. The van der Waals surface area contributed by atoms with E-state index in [2.05, 4.69) is 20.0 Å². The number of ether oxygens (including phenoxy) is 1. The van der Waals surface area contributed by atoms with Crippen LogP contribution in [0.25, 0.3) is 5.69 Å². The molecular weight excluding hydrogens is 406 g/mol. The fourth-order valence-corrected chi connectivity index (χ4v) is 4.15. The summed E-state index contributed by atoms with van der Waals surface area (Å²) in [5.41, 5.74) is 3.71. The number of hydrogen-bond donors (Lipinski definition) is 1. The van der Waals surface area contributed by atoms with Crippen molar-refractivity contribution in [3.63, 3.8) is 0 Å². The lowest BCUT2D eigenvalue weighted by Gasteiger charge is -2.27. The number of sulfone groups is 1. The van der Waals surface area contributed by atoms with E-state index in [9.17, 15) is 13.2 Å². The molecule has 0 bridgehead atoms. The highest BCUT2D eigenvalue weighted by molar-refractivity contribution is 7.90. The number of H-pyrrole nitrogens is 1. The molecule has 0 saturated heterocycles. The maximum absolute atomic E-state index is 12.4. The standard InChI is InChI=1S/C20H23N5O4S/c1-13-14(10-21-25(13)15-4-6-16(29-2)7-5-15)11-24-9-8-18-17(12-24)19(26)23-20(22-18)30(3,27)28/h4-7,10H,8-9,11-12H2,1-3H3,(H,22,23,26). The molecule has 0 amide bonds. The van der Waals surface area contributed by atoms with E-state index in [1.165, 1.54) is 0 Å². The predicted octanol–water partition coefficient (Wildman–Crippen LogP) is 1.23. The van der Waals surface area contributed by atoms with Crippen LogP contribution in [-0.4, -0.2) is 53.0 Å². The Morgan fingerprint density at radius 1 is 1.23 bits per heavy atom. The lowest BCUT2D eigenvalue weighted by molar-refractivity contribution is 0.240. The summed E-state index contributed by atoms with van der Waals surface area (Å²) in [7, 11) is -1.92. The van der Waals surface area contributed by atoms with Crippen molar-refractivity contribution < 1.29 is 13.2 Å². The minimum atomic E-state index is -3.55. The van der Waals surface area contributed by atoms with Crippen molar-refractivity contribution in [3.05, 3.63) is 63.3 Å². The second-order valence-electron chi connectivity index (χ2n) is 7.39. The third kappa shape index (κ3) is 3.88. The molecule has 30 heavy (non-hydrogen) atoms. The smallest absolute Gasteiger partial charge is 0.256 e. The van der Waals surface area contributed by atoms with Gasteiger partial charge in [-0.3, -0.25) is 14.7 Å². The van der Waals surface area contributed by atoms with Gasteiger partial charge in [-0.2, -0.15) is 5.10 Å². The van der Waals surface area contributed by atoms with Crippen LogP contribution in [0.2, 0.25) is 0 Å². The summed E-state index contributed by atoms with van der Waals surface area (Å²) in [6, 6.07) is 7.68. The highest BCUT2D eigenvalue weighted by Crippen LogP contribution is 2.21. The van der Waals surface area contributed by atoms with Crippen molar-refractivity contribution in [2.45, 2.75) is 31.6 Å². The number of benzene rings is 1. The maximum atomic E-state index is 12.4. The molecule has 1 aliphatic heterocycles.